The van der Waals surface area contributed by atoms with E-state index < -0.39 is 0 Å². The van der Waals surface area contributed by atoms with Crippen molar-refractivity contribution < 1.29 is 0 Å². The molecular formula is C27H20S. The molecule has 5 aromatic carbocycles. The lowest BCUT2D eigenvalue weighted by Crippen LogP contribution is -1.92. The summed E-state index contributed by atoms with van der Waals surface area (Å²) < 4.78 is 0. The van der Waals surface area contributed by atoms with Gasteiger partial charge in [0.1, 0.15) is 0 Å². The Morgan fingerprint density at radius 2 is 1.14 bits per heavy atom. The van der Waals surface area contributed by atoms with Crippen molar-refractivity contribution >= 4 is 33.3 Å². The van der Waals surface area contributed by atoms with Gasteiger partial charge in [0, 0.05) is 15.4 Å². The molecule has 0 bridgehead atoms. The van der Waals surface area contributed by atoms with Gasteiger partial charge in [0.25, 0.3) is 0 Å². The Hall–Kier alpha value is -3.03. The minimum Gasteiger partial charge on any atom is -0.0888 e. The van der Waals surface area contributed by atoms with E-state index in [-0.39, 0.29) is 0 Å². The molecule has 0 atom stereocenters. The molecule has 0 N–H and O–H groups in total. The molecule has 0 spiro atoms. The number of fused-ring (bicyclic) bond motifs is 3. The molecule has 0 aliphatic heterocycles. The van der Waals surface area contributed by atoms with Gasteiger partial charge < -0.3 is 0 Å². The molecule has 0 nitrogen and oxygen atoms in total. The molecule has 0 aliphatic rings. The number of hydrogen-bond acceptors (Lipinski definition) is 1. The Morgan fingerprint density at radius 3 is 1.89 bits per heavy atom. The summed E-state index contributed by atoms with van der Waals surface area (Å²) in [5.41, 5.74) is 3.92. The van der Waals surface area contributed by atoms with Crippen molar-refractivity contribution in [1.29, 1.82) is 0 Å². The van der Waals surface area contributed by atoms with Crippen molar-refractivity contribution in [2.45, 2.75) is 16.7 Å². The number of benzene rings is 5. The van der Waals surface area contributed by atoms with Crippen LogP contribution >= 0.6 is 11.8 Å². The van der Waals surface area contributed by atoms with Crippen LogP contribution in [0.5, 0.6) is 0 Å². The van der Waals surface area contributed by atoms with Crippen molar-refractivity contribution in [1.82, 2.24) is 0 Å². The maximum atomic E-state index is 2.26. The van der Waals surface area contributed by atoms with Crippen molar-refractivity contribution in [2.75, 3.05) is 0 Å². The molecule has 134 valence electrons. The largest absolute Gasteiger partial charge is 0.0888 e. The standard InChI is InChI=1S/C27H20S/c1-19-11-10-18-23-22-16-8-9-17-24(22)27(28-21-14-6-3-7-15-21)26(25(19)23)20-12-4-2-5-13-20/h2-18H,1H3. The van der Waals surface area contributed by atoms with Gasteiger partial charge in [-0.05, 0) is 51.7 Å². The van der Waals surface area contributed by atoms with E-state index in [0.29, 0.717) is 0 Å². The lowest BCUT2D eigenvalue weighted by Gasteiger charge is -2.19. The quantitative estimate of drug-likeness (QED) is 0.286. The summed E-state index contributed by atoms with van der Waals surface area (Å²) in [6.07, 6.45) is 0. The highest BCUT2D eigenvalue weighted by atomic mass is 32.2. The lowest BCUT2D eigenvalue weighted by molar-refractivity contribution is 1.43. The van der Waals surface area contributed by atoms with Gasteiger partial charge in [0.05, 0.1) is 0 Å². The second-order valence-electron chi connectivity index (χ2n) is 7.03. The van der Waals surface area contributed by atoms with E-state index in [1.165, 1.54) is 48.0 Å². The summed E-state index contributed by atoms with van der Waals surface area (Å²) in [7, 11) is 0. The molecule has 5 rings (SSSR count). The molecular weight excluding hydrogens is 356 g/mol. The number of rotatable bonds is 3. The van der Waals surface area contributed by atoms with Gasteiger partial charge in [-0.15, -0.1) is 0 Å². The molecule has 0 heterocycles. The number of hydrogen-bond donors (Lipinski definition) is 0. The first-order valence-electron chi connectivity index (χ1n) is 9.55. The second-order valence-corrected chi connectivity index (χ2v) is 8.11. The molecule has 0 aromatic heterocycles. The first kappa shape index (κ1) is 17.1. The highest BCUT2D eigenvalue weighted by molar-refractivity contribution is 7.99. The summed E-state index contributed by atoms with van der Waals surface area (Å²) in [5, 5.41) is 5.31. The van der Waals surface area contributed by atoms with Crippen LogP contribution in [-0.2, 0) is 0 Å². The van der Waals surface area contributed by atoms with Crippen LogP contribution in [0.2, 0.25) is 0 Å². The number of aryl methyl sites for hydroxylation is 1. The molecule has 0 saturated carbocycles. The van der Waals surface area contributed by atoms with Crippen LogP contribution in [-0.4, -0.2) is 0 Å². The predicted molar refractivity (Wildman–Crippen MR) is 122 cm³/mol. The van der Waals surface area contributed by atoms with E-state index in [9.17, 15) is 0 Å². The topological polar surface area (TPSA) is 0 Å². The summed E-state index contributed by atoms with van der Waals surface area (Å²) in [4.78, 5) is 2.59. The molecule has 5 aromatic rings. The van der Waals surface area contributed by atoms with E-state index in [1.807, 2.05) is 11.8 Å². The molecule has 0 saturated heterocycles. The predicted octanol–water partition coefficient (Wildman–Crippen LogP) is 8.12. The zero-order valence-corrected chi connectivity index (χ0v) is 16.5. The van der Waals surface area contributed by atoms with Crippen LogP contribution in [0.1, 0.15) is 5.56 Å². The Balaban J connectivity index is 1.96. The van der Waals surface area contributed by atoms with E-state index in [0.717, 1.165) is 0 Å². The average molecular weight is 377 g/mol. The van der Waals surface area contributed by atoms with E-state index >= 15 is 0 Å². The van der Waals surface area contributed by atoms with Crippen LogP contribution in [0.15, 0.2) is 113 Å². The maximum absolute atomic E-state index is 2.26. The van der Waals surface area contributed by atoms with Gasteiger partial charge in [0.15, 0.2) is 0 Å². The summed E-state index contributed by atoms with van der Waals surface area (Å²) in [6, 6.07) is 36.9. The van der Waals surface area contributed by atoms with Gasteiger partial charge in [-0.25, -0.2) is 0 Å². The van der Waals surface area contributed by atoms with E-state index in [2.05, 4.69) is 110 Å². The van der Waals surface area contributed by atoms with Crippen LogP contribution in [0.3, 0.4) is 0 Å². The third kappa shape index (κ3) is 2.89. The van der Waals surface area contributed by atoms with Gasteiger partial charge >= 0.3 is 0 Å². The van der Waals surface area contributed by atoms with Crippen molar-refractivity contribution in [3.05, 3.63) is 109 Å². The fourth-order valence-corrected chi connectivity index (χ4v) is 5.12. The maximum Gasteiger partial charge on any atom is 0.0285 e. The first-order chi connectivity index (χ1) is 13.8. The lowest BCUT2D eigenvalue weighted by atomic mass is 9.91. The first-order valence-corrected chi connectivity index (χ1v) is 10.4. The van der Waals surface area contributed by atoms with Gasteiger partial charge in [-0.1, -0.05) is 103 Å². The smallest absolute Gasteiger partial charge is 0.0285 e. The minimum atomic E-state index is 1.26. The zero-order valence-electron chi connectivity index (χ0n) is 15.7. The Bertz CT molecular complexity index is 1270. The average Bonchev–Trinajstić information content (AvgIpc) is 2.76. The fraction of sp³-hybridized carbons (Fsp3) is 0.0370. The van der Waals surface area contributed by atoms with E-state index in [1.54, 1.807) is 0 Å². The van der Waals surface area contributed by atoms with Crippen LogP contribution in [0.25, 0.3) is 32.7 Å². The third-order valence-corrected chi connectivity index (χ3v) is 6.37. The Kier molecular flexibility index (Phi) is 4.38. The second kappa shape index (κ2) is 7.18. The molecule has 1 heteroatoms. The van der Waals surface area contributed by atoms with Crippen LogP contribution < -0.4 is 0 Å². The Labute approximate surface area is 169 Å². The zero-order chi connectivity index (χ0) is 18.9. The summed E-state index contributed by atoms with van der Waals surface area (Å²) in [6.45, 7) is 2.22. The Morgan fingerprint density at radius 1 is 0.536 bits per heavy atom. The third-order valence-electron chi connectivity index (χ3n) is 5.24. The van der Waals surface area contributed by atoms with Gasteiger partial charge in [-0.3, -0.25) is 0 Å². The molecule has 0 aliphatic carbocycles. The molecule has 0 fully saturated rings. The fourth-order valence-electron chi connectivity index (χ4n) is 3.98. The highest BCUT2D eigenvalue weighted by Gasteiger charge is 2.18. The van der Waals surface area contributed by atoms with Gasteiger partial charge in [0.2, 0.25) is 0 Å². The molecule has 28 heavy (non-hydrogen) atoms. The van der Waals surface area contributed by atoms with Crippen LogP contribution in [0.4, 0.5) is 0 Å². The van der Waals surface area contributed by atoms with E-state index in [4.69, 9.17) is 0 Å². The molecule has 0 radical (unpaired) electrons. The SMILES string of the molecule is Cc1cccc2c1c(-c1ccccc1)c(Sc1ccccc1)c1ccccc12. The highest BCUT2D eigenvalue weighted by Crippen LogP contribution is 2.46. The van der Waals surface area contributed by atoms with Crippen molar-refractivity contribution in [2.24, 2.45) is 0 Å². The summed E-state index contributed by atoms with van der Waals surface area (Å²) >= 11 is 1.86. The molecule has 0 amide bonds. The summed E-state index contributed by atoms with van der Waals surface area (Å²) in [5.74, 6) is 0. The normalized spacial score (nSPS) is 11.2. The van der Waals surface area contributed by atoms with Crippen molar-refractivity contribution in [3.63, 3.8) is 0 Å². The van der Waals surface area contributed by atoms with Crippen molar-refractivity contribution in [3.8, 4) is 11.1 Å². The van der Waals surface area contributed by atoms with Crippen LogP contribution in [0, 0.1) is 6.92 Å². The monoisotopic (exact) mass is 376 g/mol. The van der Waals surface area contributed by atoms with Gasteiger partial charge in [-0.2, -0.15) is 0 Å². The minimum absolute atomic E-state index is 1.26. The molecule has 0 unspecified atom stereocenters.